The maximum Gasteiger partial charge on any atom is 0.238 e. The number of carbonyl (C=O) groups is 2. The third kappa shape index (κ3) is 3.77. The van der Waals surface area contributed by atoms with Crippen molar-refractivity contribution in [2.45, 2.75) is 12.8 Å². The van der Waals surface area contributed by atoms with E-state index in [1.807, 2.05) is 4.90 Å². The highest BCUT2D eigenvalue weighted by Gasteiger charge is 2.25. The molecule has 2 amide bonds. The summed E-state index contributed by atoms with van der Waals surface area (Å²) in [6.07, 6.45) is 1.60. The molecule has 0 aliphatic carbocycles. The van der Waals surface area contributed by atoms with Crippen molar-refractivity contribution >= 4 is 17.5 Å². The molecule has 0 saturated carbocycles. The number of nitrogens with zero attached hydrogens (tertiary/aromatic N) is 1. The summed E-state index contributed by atoms with van der Waals surface area (Å²) in [5, 5.41) is 2.53. The Labute approximate surface area is 116 Å². The number of amides is 2. The second kappa shape index (κ2) is 6.47. The lowest BCUT2D eigenvalue weighted by Gasteiger charge is -2.30. The minimum absolute atomic E-state index is 0.137. The molecule has 0 radical (unpaired) electrons. The van der Waals surface area contributed by atoms with Crippen LogP contribution in [0, 0.1) is 11.7 Å². The molecule has 2 rings (SSSR count). The summed E-state index contributed by atoms with van der Waals surface area (Å²) in [5.41, 5.74) is 5.46. The summed E-state index contributed by atoms with van der Waals surface area (Å²) in [4.78, 5) is 24.9. The van der Waals surface area contributed by atoms with Gasteiger partial charge in [0.1, 0.15) is 5.82 Å². The topological polar surface area (TPSA) is 75.4 Å². The van der Waals surface area contributed by atoms with Gasteiger partial charge in [0.15, 0.2) is 0 Å². The van der Waals surface area contributed by atoms with Crippen LogP contribution in [0.25, 0.3) is 0 Å². The molecule has 5 nitrogen and oxygen atoms in total. The summed E-state index contributed by atoms with van der Waals surface area (Å²) in [6.45, 7) is 1.37. The third-order valence-corrected chi connectivity index (χ3v) is 3.42. The molecule has 1 heterocycles. The fourth-order valence-electron chi connectivity index (χ4n) is 2.39. The Balaban J connectivity index is 1.88. The number of nitrogens with two attached hydrogens (primary N) is 1. The molecule has 0 spiro atoms. The number of piperidine rings is 1. The normalized spacial score (nSPS) is 19.6. The van der Waals surface area contributed by atoms with Crippen LogP contribution >= 0.6 is 0 Å². The zero-order valence-electron chi connectivity index (χ0n) is 11.1. The number of nitrogens with one attached hydrogen (secondary N) is 1. The molecule has 0 aromatic heterocycles. The van der Waals surface area contributed by atoms with Gasteiger partial charge in [-0.2, -0.15) is 0 Å². The van der Waals surface area contributed by atoms with Gasteiger partial charge in [0, 0.05) is 6.54 Å². The molecular weight excluding hydrogens is 261 g/mol. The van der Waals surface area contributed by atoms with Crippen molar-refractivity contribution < 1.29 is 14.0 Å². The van der Waals surface area contributed by atoms with Crippen molar-refractivity contribution in [3.8, 4) is 0 Å². The highest BCUT2D eigenvalue weighted by atomic mass is 19.1. The first-order valence-electron chi connectivity index (χ1n) is 6.62. The Hall–Kier alpha value is -1.95. The molecule has 3 N–H and O–H groups in total. The first-order valence-corrected chi connectivity index (χ1v) is 6.62. The first kappa shape index (κ1) is 14.5. The van der Waals surface area contributed by atoms with E-state index in [2.05, 4.69) is 5.32 Å². The van der Waals surface area contributed by atoms with E-state index in [1.165, 1.54) is 12.1 Å². The van der Waals surface area contributed by atoms with Gasteiger partial charge < -0.3 is 11.1 Å². The van der Waals surface area contributed by atoms with Crippen LogP contribution in [0.2, 0.25) is 0 Å². The Morgan fingerprint density at radius 1 is 1.40 bits per heavy atom. The lowest BCUT2D eigenvalue weighted by Crippen LogP contribution is -2.44. The van der Waals surface area contributed by atoms with Crippen LogP contribution < -0.4 is 11.1 Å². The molecule has 1 atom stereocenters. The van der Waals surface area contributed by atoms with Crippen LogP contribution in [-0.2, 0) is 9.59 Å². The molecule has 0 bridgehead atoms. The van der Waals surface area contributed by atoms with Crippen LogP contribution in [0.5, 0.6) is 0 Å². The molecule has 1 aliphatic heterocycles. The van der Waals surface area contributed by atoms with Crippen LogP contribution in [0.3, 0.4) is 0 Å². The summed E-state index contributed by atoms with van der Waals surface area (Å²) in [6, 6.07) is 6.02. The molecular formula is C14H18FN3O2. The number of primary amides is 1. The maximum atomic E-state index is 13.4. The number of carbonyl (C=O) groups excluding carboxylic acids is 2. The van der Waals surface area contributed by atoms with E-state index in [9.17, 15) is 14.0 Å². The Kier molecular flexibility index (Phi) is 4.68. The maximum absolute atomic E-state index is 13.4. The van der Waals surface area contributed by atoms with Crippen LogP contribution in [0.1, 0.15) is 12.8 Å². The number of likely N-dealkylation sites (tertiary alicyclic amines) is 1. The zero-order chi connectivity index (χ0) is 14.5. The average molecular weight is 279 g/mol. The lowest BCUT2D eigenvalue weighted by molar-refractivity contribution is -0.125. The van der Waals surface area contributed by atoms with E-state index in [0.29, 0.717) is 6.54 Å². The smallest absolute Gasteiger partial charge is 0.238 e. The van der Waals surface area contributed by atoms with E-state index in [0.717, 1.165) is 19.4 Å². The second-order valence-electron chi connectivity index (χ2n) is 5.00. The molecule has 1 fully saturated rings. The van der Waals surface area contributed by atoms with Crippen LogP contribution in [0.15, 0.2) is 24.3 Å². The molecule has 20 heavy (non-hydrogen) atoms. The van der Waals surface area contributed by atoms with Crippen molar-refractivity contribution in [2.24, 2.45) is 11.7 Å². The molecule has 0 unspecified atom stereocenters. The molecule has 108 valence electrons. The van der Waals surface area contributed by atoms with Crippen LogP contribution in [-0.4, -0.2) is 36.3 Å². The molecule has 1 aromatic carbocycles. The fraction of sp³-hybridized carbons (Fsp3) is 0.429. The summed E-state index contributed by atoms with van der Waals surface area (Å²) in [7, 11) is 0. The van der Waals surface area contributed by atoms with Crippen LogP contribution in [0.4, 0.5) is 10.1 Å². The number of para-hydroxylation sites is 1. The van der Waals surface area contributed by atoms with E-state index in [-0.39, 0.29) is 30.0 Å². The van der Waals surface area contributed by atoms with E-state index >= 15 is 0 Å². The average Bonchev–Trinajstić information content (AvgIpc) is 2.41. The third-order valence-electron chi connectivity index (χ3n) is 3.42. The standard InChI is InChI=1S/C14H18FN3O2/c15-11-5-1-2-6-12(11)17-13(19)9-18-7-3-4-10(8-18)14(16)20/h1-2,5-6,10H,3-4,7-9H2,(H2,16,20)(H,17,19)/t10-/m1/s1. The first-order chi connectivity index (χ1) is 9.56. The molecule has 1 saturated heterocycles. The van der Waals surface area contributed by atoms with Gasteiger partial charge in [0.25, 0.3) is 0 Å². The van der Waals surface area contributed by atoms with Gasteiger partial charge in [0.2, 0.25) is 11.8 Å². The SMILES string of the molecule is NC(=O)[C@@H]1CCCN(CC(=O)Nc2ccccc2F)C1. The Morgan fingerprint density at radius 3 is 2.85 bits per heavy atom. The number of benzene rings is 1. The number of hydrogen-bond acceptors (Lipinski definition) is 3. The van der Waals surface area contributed by atoms with E-state index in [4.69, 9.17) is 5.73 Å². The molecule has 6 heteroatoms. The highest BCUT2D eigenvalue weighted by molar-refractivity contribution is 5.92. The summed E-state index contributed by atoms with van der Waals surface area (Å²) in [5.74, 6) is -1.29. The van der Waals surface area contributed by atoms with Gasteiger partial charge in [-0.3, -0.25) is 14.5 Å². The van der Waals surface area contributed by atoms with Crippen molar-refractivity contribution in [3.63, 3.8) is 0 Å². The van der Waals surface area contributed by atoms with Gasteiger partial charge in [-0.25, -0.2) is 4.39 Å². The summed E-state index contributed by atoms with van der Waals surface area (Å²) >= 11 is 0. The highest BCUT2D eigenvalue weighted by Crippen LogP contribution is 2.16. The van der Waals surface area contributed by atoms with Gasteiger partial charge >= 0.3 is 0 Å². The quantitative estimate of drug-likeness (QED) is 0.862. The Bertz CT molecular complexity index is 507. The lowest BCUT2D eigenvalue weighted by atomic mass is 9.97. The predicted octanol–water partition coefficient (Wildman–Crippen LogP) is 0.961. The largest absolute Gasteiger partial charge is 0.369 e. The number of hydrogen-bond donors (Lipinski definition) is 2. The minimum atomic E-state index is -0.463. The number of rotatable bonds is 4. The Morgan fingerprint density at radius 2 is 2.15 bits per heavy atom. The number of halogens is 1. The van der Waals surface area contributed by atoms with Crippen molar-refractivity contribution in [1.29, 1.82) is 0 Å². The fourth-order valence-corrected chi connectivity index (χ4v) is 2.39. The van der Waals surface area contributed by atoms with E-state index in [1.54, 1.807) is 12.1 Å². The summed E-state index contributed by atoms with van der Waals surface area (Å²) < 4.78 is 13.4. The van der Waals surface area contributed by atoms with Gasteiger partial charge in [-0.1, -0.05) is 12.1 Å². The van der Waals surface area contributed by atoms with Gasteiger partial charge in [-0.05, 0) is 31.5 Å². The minimum Gasteiger partial charge on any atom is -0.369 e. The van der Waals surface area contributed by atoms with Crippen molar-refractivity contribution in [1.82, 2.24) is 4.90 Å². The van der Waals surface area contributed by atoms with Gasteiger partial charge in [-0.15, -0.1) is 0 Å². The zero-order valence-corrected chi connectivity index (χ0v) is 11.1. The molecule has 1 aromatic rings. The molecule has 1 aliphatic rings. The monoisotopic (exact) mass is 279 g/mol. The van der Waals surface area contributed by atoms with Crippen molar-refractivity contribution in [3.05, 3.63) is 30.1 Å². The second-order valence-corrected chi connectivity index (χ2v) is 5.00. The number of anilines is 1. The predicted molar refractivity (Wildman–Crippen MR) is 73.4 cm³/mol. The van der Waals surface area contributed by atoms with E-state index < -0.39 is 5.82 Å². The van der Waals surface area contributed by atoms with Crippen molar-refractivity contribution in [2.75, 3.05) is 25.0 Å². The van der Waals surface area contributed by atoms with Gasteiger partial charge in [0.05, 0.1) is 18.2 Å².